The van der Waals surface area contributed by atoms with Crippen LogP contribution >= 0.6 is 0 Å². The zero-order valence-electron chi connectivity index (χ0n) is 11.9. The lowest BCUT2D eigenvalue weighted by atomic mass is 9.85. The Morgan fingerprint density at radius 2 is 1.95 bits per heavy atom. The Hall–Kier alpha value is -1.62. The molecule has 0 aromatic heterocycles. The minimum absolute atomic E-state index is 0.0986. The first-order chi connectivity index (χ1) is 9.60. The third-order valence-corrected chi connectivity index (χ3v) is 4.97. The predicted molar refractivity (Wildman–Crippen MR) is 76.2 cm³/mol. The summed E-state index contributed by atoms with van der Waals surface area (Å²) >= 11 is 0. The van der Waals surface area contributed by atoms with Crippen molar-refractivity contribution in [3.8, 4) is 5.75 Å². The second kappa shape index (κ2) is 5.05. The van der Waals surface area contributed by atoms with Gasteiger partial charge < -0.3 is 9.64 Å². The van der Waals surface area contributed by atoms with Crippen molar-refractivity contribution in [2.75, 3.05) is 14.2 Å². The van der Waals surface area contributed by atoms with Gasteiger partial charge in [0.15, 0.2) is 0 Å². The lowest BCUT2D eigenvalue weighted by molar-refractivity contribution is -0.384. The van der Waals surface area contributed by atoms with Crippen molar-refractivity contribution in [3.05, 3.63) is 33.9 Å². The van der Waals surface area contributed by atoms with Gasteiger partial charge in [0, 0.05) is 18.2 Å². The molecule has 5 heteroatoms. The van der Waals surface area contributed by atoms with E-state index < -0.39 is 0 Å². The molecular formula is C15H20N2O3. The van der Waals surface area contributed by atoms with Crippen LogP contribution in [0, 0.1) is 10.1 Å². The molecule has 0 saturated carbocycles. The zero-order valence-corrected chi connectivity index (χ0v) is 11.9. The fourth-order valence-electron chi connectivity index (χ4n) is 3.82. The number of nitro benzene ring substituents is 1. The number of nitrogens with zero attached hydrogens (tertiary/aromatic N) is 2. The summed E-state index contributed by atoms with van der Waals surface area (Å²) in [5.74, 6) is 1.12. The molecule has 0 amide bonds. The Morgan fingerprint density at radius 3 is 2.50 bits per heavy atom. The number of benzene rings is 1. The van der Waals surface area contributed by atoms with Gasteiger partial charge in [-0.05, 0) is 50.3 Å². The van der Waals surface area contributed by atoms with Crippen LogP contribution in [0.25, 0.3) is 0 Å². The highest BCUT2D eigenvalue weighted by Crippen LogP contribution is 2.44. The number of nitro groups is 1. The minimum Gasteiger partial charge on any atom is -0.496 e. The van der Waals surface area contributed by atoms with Gasteiger partial charge >= 0.3 is 0 Å². The first-order valence-corrected chi connectivity index (χ1v) is 7.14. The predicted octanol–water partition coefficient (Wildman–Crippen LogP) is 2.94. The molecule has 20 heavy (non-hydrogen) atoms. The van der Waals surface area contributed by atoms with Gasteiger partial charge in [0.05, 0.1) is 18.1 Å². The average molecular weight is 276 g/mol. The van der Waals surface area contributed by atoms with Gasteiger partial charge in [-0.15, -0.1) is 0 Å². The molecule has 2 aliphatic heterocycles. The van der Waals surface area contributed by atoms with Gasteiger partial charge in [-0.25, -0.2) is 0 Å². The van der Waals surface area contributed by atoms with Crippen molar-refractivity contribution in [2.45, 2.75) is 43.7 Å². The van der Waals surface area contributed by atoms with Gasteiger partial charge in [0.25, 0.3) is 5.69 Å². The fourth-order valence-corrected chi connectivity index (χ4v) is 3.82. The van der Waals surface area contributed by atoms with Gasteiger partial charge in [-0.1, -0.05) is 0 Å². The molecule has 0 aliphatic carbocycles. The summed E-state index contributed by atoms with van der Waals surface area (Å²) < 4.78 is 5.39. The maximum absolute atomic E-state index is 10.9. The van der Waals surface area contributed by atoms with Crippen LogP contribution in [-0.4, -0.2) is 36.1 Å². The Kier molecular flexibility index (Phi) is 3.38. The van der Waals surface area contributed by atoms with Crippen LogP contribution in [0.15, 0.2) is 18.2 Å². The first-order valence-electron chi connectivity index (χ1n) is 7.14. The van der Waals surface area contributed by atoms with E-state index in [1.54, 1.807) is 19.2 Å². The molecule has 2 heterocycles. The molecule has 108 valence electrons. The van der Waals surface area contributed by atoms with Crippen molar-refractivity contribution < 1.29 is 9.66 Å². The summed E-state index contributed by atoms with van der Waals surface area (Å²) in [5.41, 5.74) is 1.23. The molecule has 1 aromatic rings. The fraction of sp³-hybridized carbons (Fsp3) is 0.600. The number of hydrogen-bond acceptors (Lipinski definition) is 4. The van der Waals surface area contributed by atoms with Crippen molar-refractivity contribution in [1.29, 1.82) is 0 Å². The summed E-state index contributed by atoms with van der Waals surface area (Å²) in [4.78, 5) is 13.0. The van der Waals surface area contributed by atoms with E-state index in [-0.39, 0.29) is 10.6 Å². The van der Waals surface area contributed by atoms with Crippen molar-refractivity contribution in [1.82, 2.24) is 4.90 Å². The molecule has 2 saturated heterocycles. The van der Waals surface area contributed by atoms with E-state index in [0.717, 1.165) is 18.4 Å². The van der Waals surface area contributed by atoms with Crippen LogP contribution in [0.2, 0.25) is 0 Å². The number of rotatable bonds is 3. The lowest BCUT2D eigenvalue weighted by Crippen LogP contribution is -2.39. The van der Waals surface area contributed by atoms with E-state index in [9.17, 15) is 10.1 Å². The summed E-state index contributed by atoms with van der Waals surface area (Å²) in [6, 6.07) is 6.33. The van der Waals surface area contributed by atoms with E-state index in [1.807, 2.05) is 6.07 Å². The van der Waals surface area contributed by atoms with E-state index in [2.05, 4.69) is 11.9 Å². The normalized spacial score (nSPS) is 29.4. The second-order valence-electron chi connectivity index (χ2n) is 5.90. The van der Waals surface area contributed by atoms with Crippen LogP contribution < -0.4 is 4.74 Å². The van der Waals surface area contributed by atoms with Crippen LogP contribution in [0.1, 0.15) is 37.2 Å². The highest BCUT2D eigenvalue weighted by atomic mass is 16.6. The summed E-state index contributed by atoms with van der Waals surface area (Å²) in [5, 5.41) is 10.9. The molecule has 5 nitrogen and oxygen atoms in total. The van der Waals surface area contributed by atoms with E-state index in [0.29, 0.717) is 23.8 Å². The molecule has 0 spiro atoms. The molecule has 3 rings (SSSR count). The van der Waals surface area contributed by atoms with Gasteiger partial charge in [-0.3, -0.25) is 10.1 Å². The van der Waals surface area contributed by atoms with Crippen molar-refractivity contribution >= 4 is 5.69 Å². The number of fused-ring (bicyclic) bond motifs is 2. The SMILES string of the molecule is COc1cc([N+](=O)[O-])ccc1C1CC2CCC(C1)N2C. The number of methoxy groups -OCH3 is 1. The van der Waals surface area contributed by atoms with Gasteiger partial charge in [-0.2, -0.15) is 0 Å². The maximum Gasteiger partial charge on any atom is 0.273 e. The van der Waals surface area contributed by atoms with Crippen LogP contribution in [0.4, 0.5) is 5.69 Å². The molecule has 2 fully saturated rings. The topological polar surface area (TPSA) is 55.6 Å². The van der Waals surface area contributed by atoms with Crippen LogP contribution in [0.5, 0.6) is 5.75 Å². The Morgan fingerprint density at radius 1 is 1.30 bits per heavy atom. The summed E-state index contributed by atoms with van der Waals surface area (Å²) in [6.45, 7) is 0. The molecule has 2 atom stereocenters. The molecule has 0 radical (unpaired) electrons. The molecule has 2 aliphatic rings. The molecule has 2 unspecified atom stereocenters. The van der Waals surface area contributed by atoms with E-state index in [4.69, 9.17) is 4.74 Å². The Balaban J connectivity index is 1.89. The number of hydrogen-bond donors (Lipinski definition) is 0. The Bertz CT molecular complexity index is 518. The van der Waals surface area contributed by atoms with Gasteiger partial charge in [0.1, 0.15) is 5.75 Å². The van der Waals surface area contributed by atoms with E-state index in [1.165, 1.54) is 12.8 Å². The standard InChI is InChI=1S/C15H20N2O3/c1-16-11-3-4-12(16)8-10(7-11)14-6-5-13(17(18)19)9-15(14)20-2/h5-6,9-12H,3-4,7-8H2,1-2H3. The molecule has 1 aromatic carbocycles. The highest BCUT2D eigenvalue weighted by Gasteiger charge is 2.39. The van der Waals surface area contributed by atoms with Crippen LogP contribution in [0.3, 0.4) is 0 Å². The van der Waals surface area contributed by atoms with Gasteiger partial charge in [0.2, 0.25) is 0 Å². The smallest absolute Gasteiger partial charge is 0.273 e. The molecular weight excluding hydrogens is 256 g/mol. The quantitative estimate of drug-likeness (QED) is 0.629. The molecule has 0 N–H and O–H groups in total. The summed E-state index contributed by atoms with van der Waals surface area (Å²) in [7, 11) is 3.80. The second-order valence-corrected chi connectivity index (χ2v) is 5.90. The molecule has 2 bridgehead atoms. The highest BCUT2D eigenvalue weighted by molar-refractivity contribution is 5.46. The van der Waals surface area contributed by atoms with Crippen molar-refractivity contribution in [2.24, 2.45) is 0 Å². The third kappa shape index (κ3) is 2.16. The third-order valence-electron chi connectivity index (χ3n) is 4.97. The average Bonchev–Trinajstić information content (AvgIpc) is 2.67. The van der Waals surface area contributed by atoms with E-state index >= 15 is 0 Å². The number of non-ortho nitro benzene ring substituents is 1. The number of ether oxygens (including phenoxy) is 1. The number of piperidine rings is 1. The largest absolute Gasteiger partial charge is 0.496 e. The van der Waals surface area contributed by atoms with Crippen LogP contribution in [-0.2, 0) is 0 Å². The first kappa shape index (κ1) is 13.4. The zero-order chi connectivity index (χ0) is 14.3. The summed E-state index contributed by atoms with van der Waals surface area (Å²) in [6.07, 6.45) is 4.79. The Labute approximate surface area is 118 Å². The monoisotopic (exact) mass is 276 g/mol. The maximum atomic E-state index is 10.9. The lowest BCUT2D eigenvalue weighted by Gasteiger charge is -2.36. The minimum atomic E-state index is -0.370. The van der Waals surface area contributed by atoms with Crippen molar-refractivity contribution in [3.63, 3.8) is 0 Å².